The molecular weight excluding hydrogens is 384 g/mol. The number of pyridine rings is 1. The van der Waals surface area contributed by atoms with E-state index in [1.54, 1.807) is 38.0 Å². The average Bonchev–Trinajstić information content (AvgIpc) is 3.32. The second kappa shape index (κ2) is 8.12. The molecule has 2 aromatic carbocycles. The van der Waals surface area contributed by atoms with Crippen LogP contribution in [0.4, 0.5) is 11.4 Å². The first-order valence-corrected chi connectivity index (χ1v) is 9.12. The lowest BCUT2D eigenvalue weighted by Gasteiger charge is -2.14. The van der Waals surface area contributed by atoms with Gasteiger partial charge in [0.25, 0.3) is 0 Å². The monoisotopic (exact) mass is 404 g/mol. The maximum absolute atomic E-state index is 12.2. The molecule has 0 unspecified atom stereocenters. The molecule has 0 saturated heterocycles. The van der Waals surface area contributed by atoms with E-state index in [1.165, 1.54) is 14.2 Å². The van der Waals surface area contributed by atoms with Gasteiger partial charge in [-0.1, -0.05) is 0 Å². The summed E-state index contributed by atoms with van der Waals surface area (Å²) in [4.78, 5) is 20.7. The molecular formula is C22H20N4O4. The van der Waals surface area contributed by atoms with Crippen molar-refractivity contribution in [1.29, 1.82) is 0 Å². The Kier molecular flexibility index (Phi) is 5.21. The lowest BCUT2D eigenvalue weighted by Crippen LogP contribution is -2.05. The van der Waals surface area contributed by atoms with E-state index in [4.69, 9.17) is 14.2 Å². The largest absolute Gasteiger partial charge is 0.497 e. The quantitative estimate of drug-likeness (QED) is 0.487. The van der Waals surface area contributed by atoms with E-state index >= 15 is 0 Å². The predicted molar refractivity (Wildman–Crippen MR) is 113 cm³/mol. The van der Waals surface area contributed by atoms with E-state index in [9.17, 15) is 4.79 Å². The summed E-state index contributed by atoms with van der Waals surface area (Å²) in [6, 6.07) is 11.0. The van der Waals surface area contributed by atoms with Crippen molar-refractivity contribution in [3.8, 4) is 17.2 Å². The fourth-order valence-electron chi connectivity index (χ4n) is 3.21. The van der Waals surface area contributed by atoms with E-state index in [2.05, 4.69) is 15.3 Å². The van der Waals surface area contributed by atoms with Crippen molar-refractivity contribution >= 4 is 28.2 Å². The number of nitrogens with zero attached hydrogens (tertiary/aromatic N) is 3. The van der Waals surface area contributed by atoms with Gasteiger partial charge in [0.2, 0.25) is 0 Å². The third-order valence-corrected chi connectivity index (χ3v) is 4.68. The molecule has 0 saturated carbocycles. The summed E-state index contributed by atoms with van der Waals surface area (Å²) < 4.78 is 17.6. The van der Waals surface area contributed by atoms with Crippen LogP contribution >= 0.6 is 0 Å². The first kappa shape index (κ1) is 19.3. The van der Waals surface area contributed by atoms with Crippen molar-refractivity contribution in [3.05, 3.63) is 66.9 Å². The molecule has 8 heteroatoms. The normalized spacial score (nSPS) is 10.6. The highest BCUT2D eigenvalue weighted by Gasteiger charge is 2.16. The smallest absolute Gasteiger partial charge is 0.341 e. The van der Waals surface area contributed by atoms with Crippen LogP contribution in [0.25, 0.3) is 16.6 Å². The number of carbonyl (C=O) groups is 1. The van der Waals surface area contributed by atoms with Crippen molar-refractivity contribution < 1.29 is 19.0 Å². The van der Waals surface area contributed by atoms with Gasteiger partial charge >= 0.3 is 5.97 Å². The minimum absolute atomic E-state index is 0.327. The number of hydrogen-bond donors (Lipinski definition) is 1. The SMILES string of the molecule is COC(=O)c1cc2c(Nc3cc(OC)cc(-n4ccnc4)c3)ccnc2cc1OC. The van der Waals surface area contributed by atoms with Gasteiger partial charge in [-0.2, -0.15) is 0 Å². The molecule has 0 aliphatic heterocycles. The fourth-order valence-corrected chi connectivity index (χ4v) is 3.21. The number of imidazole rings is 1. The molecule has 0 amide bonds. The fraction of sp³-hybridized carbons (Fsp3) is 0.136. The van der Waals surface area contributed by atoms with Gasteiger partial charge in [0.15, 0.2) is 0 Å². The predicted octanol–water partition coefficient (Wildman–Crippen LogP) is 3.97. The molecule has 8 nitrogen and oxygen atoms in total. The minimum atomic E-state index is -0.479. The molecule has 0 atom stereocenters. The summed E-state index contributed by atoms with van der Waals surface area (Å²) in [5.41, 5.74) is 3.48. The maximum atomic E-state index is 12.2. The number of esters is 1. The first-order valence-electron chi connectivity index (χ1n) is 9.12. The Labute approximate surface area is 173 Å². The van der Waals surface area contributed by atoms with Gasteiger partial charge in [0.05, 0.1) is 38.9 Å². The number of rotatable bonds is 6. The molecule has 4 rings (SSSR count). The lowest BCUT2D eigenvalue weighted by atomic mass is 10.1. The Balaban J connectivity index is 1.81. The van der Waals surface area contributed by atoms with Crippen LogP contribution in [0.15, 0.2) is 61.3 Å². The zero-order chi connectivity index (χ0) is 21.1. The van der Waals surface area contributed by atoms with Crippen LogP contribution in [0.5, 0.6) is 11.5 Å². The van der Waals surface area contributed by atoms with Crippen molar-refractivity contribution in [3.63, 3.8) is 0 Å². The molecule has 4 aromatic rings. The van der Waals surface area contributed by atoms with Crippen LogP contribution in [0.2, 0.25) is 0 Å². The van der Waals surface area contributed by atoms with E-state index < -0.39 is 5.97 Å². The Morgan fingerprint density at radius 3 is 2.60 bits per heavy atom. The number of aromatic nitrogens is 3. The zero-order valence-electron chi connectivity index (χ0n) is 16.7. The molecule has 0 bridgehead atoms. The Morgan fingerprint density at radius 2 is 1.90 bits per heavy atom. The van der Waals surface area contributed by atoms with E-state index in [0.29, 0.717) is 22.6 Å². The van der Waals surface area contributed by atoms with Crippen molar-refractivity contribution in [2.75, 3.05) is 26.6 Å². The summed E-state index contributed by atoms with van der Waals surface area (Å²) in [6.07, 6.45) is 6.98. The van der Waals surface area contributed by atoms with Gasteiger partial charge in [-0.3, -0.25) is 4.98 Å². The number of hydrogen-bond acceptors (Lipinski definition) is 7. The second-order valence-corrected chi connectivity index (χ2v) is 6.43. The van der Waals surface area contributed by atoms with Crippen LogP contribution in [0, 0.1) is 0 Å². The topological polar surface area (TPSA) is 87.5 Å². The highest BCUT2D eigenvalue weighted by atomic mass is 16.5. The van der Waals surface area contributed by atoms with Gasteiger partial charge in [-0.05, 0) is 18.2 Å². The molecule has 0 aliphatic rings. The molecule has 2 aromatic heterocycles. The number of nitrogens with one attached hydrogen (secondary N) is 1. The standard InChI is InChI=1S/C22H20N4O4/c1-28-16-9-14(8-15(10-16)26-7-6-23-13-26)25-19-4-5-24-20-12-21(29-2)18(11-17(19)20)22(27)30-3/h4-13H,1-3H3,(H,24,25). The number of ether oxygens (including phenoxy) is 3. The maximum Gasteiger partial charge on any atom is 0.341 e. The van der Waals surface area contributed by atoms with Gasteiger partial charge in [-0.15, -0.1) is 0 Å². The number of anilines is 2. The second-order valence-electron chi connectivity index (χ2n) is 6.43. The van der Waals surface area contributed by atoms with Crippen LogP contribution < -0.4 is 14.8 Å². The molecule has 2 heterocycles. The molecule has 1 N–H and O–H groups in total. The molecule has 0 aliphatic carbocycles. The summed E-state index contributed by atoms with van der Waals surface area (Å²) in [5.74, 6) is 0.620. The highest BCUT2D eigenvalue weighted by molar-refractivity contribution is 6.02. The number of methoxy groups -OCH3 is 3. The molecule has 0 spiro atoms. The third kappa shape index (κ3) is 3.62. The van der Waals surface area contributed by atoms with Crippen LogP contribution in [0.1, 0.15) is 10.4 Å². The van der Waals surface area contributed by atoms with Gasteiger partial charge < -0.3 is 24.1 Å². The molecule has 0 radical (unpaired) electrons. The van der Waals surface area contributed by atoms with Crippen LogP contribution in [-0.2, 0) is 4.74 Å². The lowest BCUT2D eigenvalue weighted by molar-refractivity contribution is 0.0597. The van der Waals surface area contributed by atoms with E-state index in [0.717, 1.165) is 22.4 Å². The number of fused-ring (bicyclic) bond motifs is 1. The number of benzene rings is 2. The average molecular weight is 404 g/mol. The van der Waals surface area contributed by atoms with Gasteiger partial charge in [0, 0.05) is 53.6 Å². The van der Waals surface area contributed by atoms with Crippen molar-refractivity contribution in [1.82, 2.24) is 14.5 Å². The summed E-state index contributed by atoms with van der Waals surface area (Å²) in [7, 11) is 4.46. The Bertz CT molecular complexity index is 1210. The van der Waals surface area contributed by atoms with Crippen LogP contribution in [0.3, 0.4) is 0 Å². The van der Waals surface area contributed by atoms with Crippen molar-refractivity contribution in [2.24, 2.45) is 0 Å². The molecule has 152 valence electrons. The molecule has 30 heavy (non-hydrogen) atoms. The Morgan fingerprint density at radius 1 is 1.03 bits per heavy atom. The number of carbonyl (C=O) groups excluding carboxylic acids is 1. The van der Waals surface area contributed by atoms with E-state index in [1.807, 2.05) is 35.0 Å². The summed E-state index contributed by atoms with van der Waals surface area (Å²) in [5, 5.41) is 4.15. The first-order chi connectivity index (χ1) is 14.6. The van der Waals surface area contributed by atoms with Crippen molar-refractivity contribution in [2.45, 2.75) is 0 Å². The van der Waals surface area contributed by atoms with Gasteiger partial charge in [0.1, 0.15) is 17.1 Å². The highest BCUT2D eigenvalue weighted by Crippen LogP contribution is 2.33. The minimum Gasteiger partial charge on any atom is -0.497 e. The van der Waals surface area contributed by atoms with E-state index in [-0.39, 0.29) is 0 Å². The Hall–Kier alpha value is -4.07. The van der Waals surface area contributed by atoms with Crippen LogP contribution in [-0.4, -0.2) is 41.8 Å². The third-order valence-electron chi connectivity index (χ3n) is 4.68. The zero-order valence-corrected chi connectivity index (χ0v) is 16.7. The van der Waals surface area contributed by atoms with Gasteiger partial charge in [-0.25, -0.2) is 9.78 Å². The summed E-state index contributed by atoms with van der Waals surface area (Å²) >= 11 is 0. The summed E-state index contributed by atoms with van der Waals surface area (Å²) in [6.45, 7) is 0. The molecule has 0 fully saturated rings.